The number of likely N-dealkylation sites (N-methyl/N-ethyl adjacent to an activating group) is 2. The first-order valence-electron chi connectivity index (χ1n) is 12.8. The summed E-state index contributed by atoms with van der Waals surface area (Å²) in [5.74, 6) is -0.111. The van der Waals surface area contributed by atoms with Crippen molar-refractivity contribution in [1.82, 2.24) is 15.1 Å². The molecule has 0 aliphatic carbocycles. The van der Waals surface area contributed by atoms with E-state index in [0.717, 1.165) is 69.9 Å². The highest BCUT2D eigenvalue weighted by atomic mass is 16.2. The molecule has 6 heteroatoms. The maximum absolute atomic E-state index is 12.4. The molecular formula is C29H39N3O3. The molecule has 0 spiro atoms. The van der Waals surface area contributed by atoms with E-state index in [4.69, 9.17) is 0 Å². The lowest BCUT2D eigenvalue weighted by Gasteiger charge is -2.28. The van der Waals surface area contributed by atoms with Crippen LogP contribution in [0.1, 0.15) is 64.7 Å². The third-order valence-electron chi connectivity index (χ3n) is 7.11. The molecule has 1 atom stereocenters. The number of carbonyl (C=O) groups excluding carboxylic acids is 3. The molecule has 0 saturated heterocycles. The minimum Gasteiger partial charge on any atom is -0.358 e. The van der Waals surface area contributed by atoms with Crippen LogP contribution in [0.4, 0.5) is 0 Å². The van der Waals surface area contributed by atoms with Crippen LogP contribution < -0.4 is 5.32 Å². The number of hydrogen-bond acceptors (Lipinski definition) is 5. The normalized spacial score (nSPS) is 14.4. The lowest BCUT2D eigenvalue weighted by atomic mass is 9.95. The van der Waals surface area contributed by atoms with Gasteiger partial charge in [-0.25, -0.2) is 0 Å². The highest BCUT2D eigenvalue weighted by Gasteiger charge is 2.23. The molecule has 1 aliphatic rings. The second-order valence-electron chi connectivity index (χ2n) is 9.50. The van der Waals surface area contributed by atoms with Crippen molar-refractivity contribution >= 4 is 18.5 Å². The van der Waals surface area contributed by atoms with Crippen molar-refractivity contribution < 1.29 is 14.4 Å². The first-order valence-corrected chi connectivity index (χ1v) is 12.8. The lowest BCUT2D eigenvalue weighted by Crippen LogP contribution is -2.44. The van der Waals surface area contributed by atoms with Crippen LogP contribution in [0.25, 0.3) is 0 Å². The zero-order chi connectivity index (χ0) is 25.0. The molecule has 3 rings (SSSR count). The smallest absolute Gasteiger partial charge is 0.237 e. The van der Waals surface area contributed by atoms with Crippen LogP contribution in [0.3, 0.4) is 0 Å². The standard InChI is InChI=1S/C29H39N3O3/c1-30-29(35)28(15-9-19-33)31(2)21-27-24(13-8-14-26(27)22-34)11-4-3-7-17-32-18-16-23-10-5-6-12-25(23)20-32/h5-6,8,10,12-14,19,22,28H,3-4,7,9,11,15-18,20-21H2,1-2H3,(H,30,35). The number of rotatable bonds is 14. The number of fused-ring (bicyclic) bond motifs is 1. The van der Waals surface area contributed by atoms with Crippen LogP contribution in [0.2, 0.25) is 0 Å². The fraction of sp³-hybridized carbons (Fsp3) is 0.483. The highest BCUT2D eigenvalue weighted by molar-refractivity contribution is 5.82. The molecule has 0 aromatic heterocycles. The summed E-state index contributed by atoms with van der Waals surface area (Å²) in [4.78, 5) is 39.6. The van der Waals surface area contributed by atoms with E-state index in [2.05, 4.69) is 40.5 Å². The molecule has 0 radical (unpaired) electrons. The molecule has 0 saturated carbocycles. The summed E-state index contributed by atoms with van der Waals surface area (Å²) in [6, 6.07) is 14.2. The van der Waals surface area contributed by atoms with Crippen molar-refractivity contribution in [2.75, 3.05) is 27.2 Å². The van der Waals surface area contributed by atoms with Gasteiger partial charge in [0.1, 0.15) is 12.6 Å². The third kappa shape index (κ3) is 7.58. The summed E-state index contributed by atoms with van der Waals surface area (Å²) >= 11 is 0. The van der Waals surface area contributed by atoms with Crippen molar-refractivity contribution in [3.05, 3.63) is 70.3 Å². The van der Waals surface area contributed by atoms with Crippen LogP contribution in [-0.2, 0) is 35.5 Å². The Labute approximate surface area is 209 Å². The zero-order valence-corrected chi connectivity index (χ0v) is 21.2. The topological polar surface area (TPSA) is 69.7 Å². The van der Waals surface area contributed by atoms with Crippen LogP contribution in [-0.4, -0.2) is 61.5 Å². The van der Waals surface area contributed by atoms with Crippen molar-refractivity contribution in [3.8, 4) is 0 Å². The van der Waals surface area contributed by atoms with Crippen molar-refractivity contribution in [2.24, 2.45) is 0 Å². The molecule has 0 fully saturated rings. The number of carbonyl (C=O) groups is 3. The lowest BCUT2D eigenvalue weighted by molar-refractivity contribution is -0.126. The van der Waals surface area contributed by atoms with Gasteiger partial charge in [0.15, 0.2) is 0 Å². The van der Waals surface area contributed by atoms with Crippen molar-refractivity contribution in [2.45, 2.75) is 64.1 Å². The molecule has 35 heavy (non-hydrogen) atoms. The summed E-state index contributed by atoms with van der Waals surface area (Å²) in [5.41, 5.74) is 5.77. The third-order valence-corrected chi connectivity index (χ3v) is 7.11. The van der Waals surface area contributed by atoms with Gasteiger partial charge in [0.2, 0.25) is 5.91 Å². The highest BCUT2D eigenvalue weighted by Crippen LogP contribution is 2.22. The Balaban J connectivity index is 1.54. The average molecular weight is 478 g/mol. The van der Waals surface area contributed by atoms with E-state index in [1.165, 1.54) is 16.7 Å². The van der Waals surface area contributed by atoms with Crippen LogP contribution >= 0.6 is 0 Å². The summed E-state index contributed by atoms with van der Waals surface area (Å²) in [6.45, 7) is 3.79. The van der Waals surface area contributed by atoms with Crippen LogP contribution in [0, 0.1) is 0 Å². The fourth-order valence-corrected chi connectivity index (χ4v) is 5.07. The van der Waals surface area contributed by atoms with E-state index < -0.39 is 6.04 Å². The number of hydrogen-bond donors (Lipinski definition) is 1. The molecule has 1 unspecified atom stereocenters. The van der Waals surface area contributed by atoms with Gasteiger partial charge in [0.05, 0.1) is 6.04 Å². The number of unbranched alkanes of at least 4 members (excludes halogenated alkanes) is 2. The van der Waals surface area contributed by atoms with Crippen LogP contribution in [0.15, 0.2) is 42.5 Å². The van der Waals surface area contributed by atoms with E-state index in [0.29, 0.717) is 24.9 Å². The van der Waals surface area contributed by atoms with Gasteiger partial charge < -0.3 is 10.1 Å². The molecule has 2 aromatic rings. The van der Waals surface area contributed by atoms with Gasteiger partial charge >= 0.3 is 0 Å². The SMILES string of the molecule is CNC(=O)C(CCC=O)N(C)Cc1c(C=O)cccc1CCCCCN1CCc2ccccc2C1. The Bertz CT molecular complexity index is 991. The van der Waals surface area contributed by atoms with Crippen LogP contribution in [0.5, 0.6) is 0 Å². The Kier molecular flexibility index (Phi) is 10.6. The van der Waals surface area contributed by atoms with E-state index in [1.807, 2.05) is 24.1 Å². The molecule has 1 N–H and O–H groups in total. The van der Waals surface area contributed by atoms with Crippen molar-refractivity contribution in [3.63, 3.8) is 0 Å². The number of benzene rings is 2. The van der Waals surface area contributed by atoms with E-state index in [1.54, 1.807) is 7.05 Å². The largest absolute Gasteiger partial charge is 0.358 e. The molecule has 1 aliphatic heterocycles. The molecule has 6 nitrogen and oxygen atoms in total. The maximum atomic E-state index is 12.4. The maximum Gasteiger partial charge on any atom is 0.237 e. The Morgan fingerprint density at radius 3 is 2.63 bits per heavy atom. The molecule has 1 heterocycles. The average Bonchev–Trinajstić information content (AvgIpc) is 2.89. The van der Waals surface area contributed by atoms with Gasteiger partial charge in [0.25, 0.3) is 0 Å². The van der Waals surface area contributed by atoms with Gasteiger partial charge in [-0.05, 0) is 68.0 Å². The Morgan fingerprint density at radius 1 is 1.09 bits per heavy atom. The summed E-state index contributed by atoms with van der Waals surface area (Å²) in [7, 11) is 3.49. The second kappa shape index (κ2) is 13.9. The first-order chi connectivity index (χ1) is 17.1. The van der Waals surface area contributed by atoms with Crippen molar-refractivity contribution in [1.29, 1.82) is 0 Å². The summed E-state index contributed by atoms with van der Waals surface area (Å²) in [6.07, 6.45) is 7.94. The van der Waals surface area contributed by atoms with E-state index >= 15 is 0 Å². The Hall–Kier alpha value is -2.83. The number of nitrogens with one attached hydrogen (secondary N) is 1. The molecule has 0 bridgehead atoms. The number of aldehydes is 2. The first kappa shape index (κ1) is 26.8. The number of aryl methyl sites for hydroxylation is 1. The minimum absolute atomic E-state index is 0.111. The number of nitrogens with zero attached hydrogens (tertiary/aromatic N) is 2. The predicted molar refractivity (Wildman–Crippen MR) is 139 cm³/mol. The van der Waals surface area contributed by atoms with Gasteiger partial charge in [-0.15, -0.1) is 0 Å². The van der Waals surface area contributed by atoms with E-state index in [-0.39, 0.29) is 5.91 Å². The molecule has 188 valence electrons. The summed E-state index contributed by atoms with van der Waals surface area (Å²) < 4.78 is 0. The van der Waals surface area contributed by atoms with Gasteiger partial charge in [-0.2, -0.15) is 0 Å². The fourth-order valence-electron chi connectivity index (χ4n) is 5.07. The second-order valence-corrected chi connectivity index (χ2v) is 9.50. The monoisotopic (exact) mass is 477 g/mol. The van der Waals surface area contributed by atoms with Gasteiger partial charge in [-0.3, -0.25) is 19.4 Å². The zero-order valence-electron chi connectivity index (χ0n) is 21.2. The van der Waals surface area contributed by atoms with Gasteiger partial charge in [0, 0.05) is 38.7 Å². The molecular weight excluding hydrogens is 438 g/mol. The minimum atomic E-state index is -0.410. The number of amides is 1. The van der Waals surface area contributed by atoms with Gasteiger partial charge in [-0.1, -0.05) is 48.9 Å². The quantitative estimate of drug-likeness (QED) is 0.331. The van der Waals surface area contributed by atoms with E-state index in [9.17, 15) is 14.4 Å². The summed E-state index contributed by atoms with van der Waals surface area (Å²) in [5, 5.41) is 2.69. The predicted octanol–water partition coefficient (Wildman–Crippen LogP) is 3.80. The molecule has 2 aromatic carbocycles. The molecule has 1 amide bonds. The Morgan fingerprint density at radius 2 is 1.89 bits per heavy atom.